The molecule has 0 heterocycles. The van der Waals surface area contributed by atoms with Crippen molar-refractivity contribution in [2.24, 2.45) is 0 Å². The molecule has 0 aliphatic rings. The second kappa shape index (κ2) is 6.39. The summed E-state index contributed by atoms with van der Waals surface area (Å²) in [5.41, 5.74) is 0. The smallest absolute Gasteiger partial charge is 0.130 e. The molecule has 0 rings (SSSR count). The van der Waals surface area contributed by atoms with Crippen molar-refractivity contribution in [1.82, 2.24) is 0 Å². The molecule has 0 saturated carbocycles. The summed E-state index contributed by atoms with van der Waals surface area (Å²) in [7, 11) is 0.320. The molecule has 0 amide bonds. The third kappa shape index (κ3) is 6.15. The number of hydrogen-bond donors (Lipinski definition) is 2. The topological polar surface area (TPSA) is 40.5 Å². The van der Waals surface area contributed by atoms with Crippen molar-refractivity contribution < 1.29 is 10.2 Å². The Balaban J connectivity index is 2.95. The molecule has 0 aromatic heterocycles. The van der Waals surface area contributed by atoms with E-state index in [0.717, 1.165) is 17.9 Å². The SMILES string of the molecule is C[S+](CCO)CCCO. The minimum Gasteiger partial charge on any atom is -0.396 e. The first kappa shape index (κ1) is 9.27. The standard InChI is InChI=1S/C6H15O2S/c1-9(6-4-8)5-2-3-7/h7-8H,2-6H2,1H3/q+1. The monoisotopic (exact) mass is 151 g/mol. The normalized spacial score (nSPS) is 13.7. The third-order valence-electron chi connectivity index (χ3n) is 1.09. The lowest BCUT2D eigenvalue weighted by Gasteiger charge is -1.97. The van der Waals surface area contributed by atoms with Crippen molar-refractivity contribution in [3.8, 4) is 0 Å². The summed E-state index contributed by atoms with van der Waals surface area (Å²) >= 11 is 0. The summed E-state index contributed by atoms with van der Waals surface area (Å²) in [5.74, 6) is 1.94. The number of aliphatic hydroxyl groups is 2. The molecule has 0 saturated heterocycles. The van der Waals surface area contributed by atoms with Gasteiger partial charge in [0.15, 0.2) is 0 Å². The molecular weight excluding hydrogens is 136 g/mol. The van der Waals surface area contributed by atoms with Crippen LogP contribution in [0.25, 0.3) is 0 Å². The van der Waals surface area contributed by atoms with Crippen molar-refractivity contribution in [2.45, 2.75) is 6.42 Å². The van der Waals surface area contributed by atoms with Crippen LogP contribution in [-0.2, 0) is 10.9 Å². The van der Waals surface area contributed by atoms with E-state index in [9.17, 15) is 0 Å². The van der Waals surface area contributed by atoms with Gasteiger partial charge >= 0.3 is 0 Å². The fourth-order valence-electron chi connectivity index (χ4n) is 0.569. The van der Waals surface area contributed by atoms with Crippen LogP contribution in [0, 0.1) is 0 Å². The molecule has 9 heavy (non-hydrogen) atoms. The fourth-order valence-corrected chi connectivity index (χ4v) is 1.71. The highest BCUT2D eigenvalue weighted by atomic mass is 32.2. The Labute approximate surface area is 59.2 Å². The van der Waals surface area contributed by atoms with Crippen molar-refractivity contribution in [2.75, 3.05) is 31.0 Å². The largest absolute Gasteiger partial charge is 0.396 e. The van der Waals surface area contributed by atoms with E-state index in [0.29, 0.717) is 10.9 Å². The van der Waals surface area contributed by atoms with Crippen molar-refractivity contribution >= 4 is 10.9 Å². The number of aliphatic hydroxyl groups excluding tert-OH is 2. The van der Waals surface area contributed by atoms with E-state index in [1.54, 1.807) is 0 Å². The first-order valence-corrected chi connectivity index (χ1v) is 5.09. The van der Waals surface area contributed by atoms with Gasteiger partial charge in [-0.3, -0.25) is 0 Å². The van der Waals surface area contributed by atoms with Crippen molar-refractivity contribution in [3.05, 3.63) is 0 Å². The molecule has 0 bridgehead atoms. The molecule has 2 N–H and O–H groups in total. The van der Waals surface area contributed by atoms with Crippen LogP contribution in [0.5, 0.6) is 0 Å². The van der Waals surface area contributed by atoms with Crippen LogP contribution < -0.4 is 0 Å². The van der Waals surface area contributed by atoms with E-state index in [1.165, 1.54) is 0 Å². The van der Waals surface area contributed by atoms with Crippen LogP contribution in [0.2, 0.25) is 0 Å². The first-order chi connectivity index (χ1) is 4.31. The predicted molar refractivity (Wildman–Crippen MR) is 41.8 cm³/mol. The maximum Gasteiger partial charge on any atom is 0.130 e. The second-order valence-electron chi connectivity index (χ2n) is 1.99. The zero-order valence-corrected chi connectivity index (χ0v) is 6.65. The molecule has 56 valence electrons. The summed E-state index contributed by atoms with van der Waals surface area (Å²) in [5, 5.41) is 16.9. The predicted octanol–water partition coefficient (Wildman–Crippen LogP) is -0.391. The van der Waals surface area contributed by atoms with Gasteiger partial charge in [-0.2, -0.15) is 0 Å². The van der Waals surface area contributed by atoms with E-state index in [1.807, 2.05) is 0 Å². The summed E-state index contributed by atoms with van der Waals surface area (Å²) in [4.78, 5) is 0. The van der Waals surface area contributed by atoms with Gasteiger partial charge < -0.3 is 10.2 Å². The van der Waals surface area contributed by atoms with Crippen LogP contribution in [0.4, 0.5) is 0 Å². The molecule has 0 fully saturated rings. The molecular formula is C6H15O2S+. The maximum absolute atomic E-state index is 8.48. The van der Waals surface area contributed by atoms with E-state index < -0.39 is 0 Å². The molecule has 1 unspecified atom stereocenters. The molecule has 1 atom stereocenters. The Morgan fingerprint density at radius 1 is 1.11 bits per heavy atom. The molecule has 0 aromatic carbocycles. The molecule has 0 aromatic rings. The molecule has 0 aliphatic carbocycles. The van der Waals surface area contributed by atoms with Gasteiger partial charge in [0, 0.05) is 13.0 Å². The van der Waals surface area contributed by atoms with Crippen LogP contribution in [0.1, 0.15) is 6.42 Å². The van der Waals surface area contributed by atoms with Crippen LogP contribution in [0.3, 0.4) is 0 Å². The zero-order valence-electron chi connectivity index (χ0n) is 5.84. The minimum absolute atomic E-state index is 0.281. The summed E-state index contributed by atoms with van der Waals surface area (Å²) in [6.07, 6.45) is 2.99. The van der Waals surface area contributed by atoms with Gasteiger partial charge in [0.2, 0.25) is 0 Å². The second-order valence-corrected chi connectivity index (χ2v) is 4.37. The highest BCUT2D eigenvalue weighted by Crippen LogP contribution is 1.92. The molecule has 0 spiro atoms. The Bertz CT molecular complexity index is 59.0. The van der Waals surface area contributed by atoms with E-state index in [-0.39, 0.29) is 13.2 Å². The quantitative estimate of drug-likeness (QED) is 0.525. The lowest BCUT2D eigenvalue weighted by Crippen LogP contribution is -2.13. The molecule has 0 aliphatic heterocycles. The third-order valence-corrected chi connectivity index (χ3v) is 2.96. The Kier molecular flexibility index (Phi) is 6.58. The molecule has 0 radical (unpaired) electrons. The van der Waals surface area contributed by atoms with Gasteiger partial charge in [0.1, 0.15) is 11.5 Å². The van der Waals surface area contributed by atoms with Crippen LogP contribution in [-0.4, -0.2) is 41.2 Å². The highest BCUT2D eigenvalue weighted by molar-refractivity contribution is 7.96. The number of hydrogen-bond acceptors (Lipinski definition) is 2. The highest BCUT2D eigenvalue weighted by Gasteiger charge is 2.07. The Morgan fingerprint density at radius 2 is 1.78 bits per heavy atom. The number of rotatable bonds is 5. The van der Waals surface area contributed by atoms with Crippen molar-refractivity contribution in [3.63, 3.8) is 0 Å². The Morgan fingerprint density at radius 3 is 2.22 bits per heavy atom. The zero-order chi connectivity index (χ0) is 7.11. The summed E-state index contributed by atoms with van der Waals surface area (Å²) < 4.78 is 0. The van der Waals surface area contributed by atoms with Crippen LogP contribution in [0.15, 0.2) is 0 Å². The van der Waals surface area contributed by atoms with Crippen LogP contribution >= 0.6 is 0 Å². The lowest BCUT2D eigenvalue weighted by atomic mass is 10.5. The summed E-state index contributed by atoms with van der Waals surface area (Å²) in [6.45, 7) is 0.563. The lowest BCUT2D eigenvalue weighted by molar-refractivity contribution is 0.295. The van der Waals surface area contributed by atoms with Gasteiger partial charge in [0.25, 0.3) is 0 Å². The molecule has 2 nitrogen and oxygen atoms in total. The van der Waals surface area contributed by atoms with Crippen molar-refractivity contribution in [1.29, 1.82) is 0 Å². The van der Waals surface area contributed by atoms with Gasteiger partial charge in [-0.1, -0.05) is 0 Å². The molecule has 3 heteroatoms. The van der Waals surface area contributed by atoms with E-state index >= 15 is 0 Å². The fraction of sp³-hybridized carbons (Fsp3) is 1.00. The average Bonchev–Trinajstić information content (AvgIpc) is 1.85. The maximum atomic E-state index is 8.48. The van der Waals surface area contributed by atoms with Gasteiger partial charge in [-0.05, 0) is 10.9 Å². The first-order valence-electron chi connectivity index (χ1n) is 3.12. The van der Waals surface area contributed by atoms with Gasteiger partial charge in [0.05, 0.1) is 12.9 Å². The van der Waals surface area contributed by atoms with Gasteiger partial charge in [-0.15, -0.1) is 0 Å². The minimum atomic E-state index is 0.281. The average molecular weight is 151 g/mol. The van der Waals surface area contributed by atoms with E-state index in [4.69, 9.17) is 10.2 Å². The Hall–Kier alpha value is 0.270. The van der Waals surface area contributed by atoms with E-state index in [2.05, 4.69) is 6.26 Å². The summed E-state index contributed by atoms with van der Waals surface area (Å²) in [6, 6.07) is 0. The van der Waals surface area contributed by atoms with Gasteiger partial charge in [-0.25, -0.2) is 0 Å².